The van der Waals surface area contributed by atoms with Crippen molar-refractivity contribution in [1.29, 1.82) is 0 Å². The molecule has 4 atom stereocenters. The van der Waals surface area contributed by atoms with Crippen LogP contribution in [0.1, 0.15) is 0 Å². The number of allylic oxidation sites excluding steroid dienone is 2. The summed E-state index contributed by atoms with van der Waals surface area (Å²) in [5.74, 6) is -0.911. The van der Waals surface area contributed by atoms with E-state index in [0.717, 1.165) is 0 Å². The van der Waals surface area contributed by atoms with Gasteiger partial charge in [0.1, 0.15) is 9.75 Å². The first-order valence-corrected chi connectivity index (χ1v) is 8.46. The van der Waals surface area contributed by atoms with E-state index < -0.39 is 37.3 Å². The van der Waals surface area contributed by atoms with Gasteiger partial charge >= 0.3 is 11.4 Å². The Hall–Kier alpha value is 1.55. The van der Waals surface area contributed by atoms with Gasteiger partial charge in [-0.25, -0.2) is 0 Å². The maximum absolute atomic E-state index is 11.3. The number of hydrogen-bond acceptors (Lipinski definition) is 3. The molecule has 0 aromatic rings. The van der Waals surface area contributed by atoms with Crippen molar-refractivity contribution in [3.05, 3.63) is 10.1 Å². The maximum atomic E-state index is 11.3. The molecule has 1 saturated heterocycles. The second kappa shape index (κ2) is 4.53. The third-order valence-corrected chi connectivity index (χ3v) is 8.95. The lowest BCUT2D eigenvalue weighted by atomic mass is 9.83. The summed E-state index contributed by atoms with van der Waals surface area (Å²) in [7, 11) is 0. The van der Waals surface area contributed by atoms with Crippen LogP contribution in [0.3, 0.4) is 0 Å². The van der Waals surface area contributed by atoms with E-state index in [1.165, 1.54) is 0 Å². The molecule has 19 heavy (non-hydrogen) atoms. The average molecular weight is 407 g/mol. The van der Waals surface area contributed by atoms with E-state index >= 15 is 0 Å². The van der Waals surface area contributed by atoms with Crippen molar-refractivity contribution in [2.45, 2.75) is 14.1 Å². The van der Waals surface area contributed by atoms with Crippen LogP contribution in [0, 0.1) is 11.8 Å². The van der Waals surface area contributed by atoms with Gasteiger partial charge in [-0.05, 0) is 0 Å². The van der Waals surface area contributed by atoms with Crippen molar-refractivity contribution in [3.63, 3.8) is 0 Å². The number of halogens is 6. The quantitative estimate of drug-likeness (QED) is 0.575. The highest BCUT2D eigenvalue weighted by Gasteiger charge is 2.82. The number of alkyl halides is 4. The van der Waals surface area contributed by atoms with Crippen LogP contribution in [0.5, 0.6) is 0 Å². The lowest BCUT2D eigenvalue weighted by Crippen LogP contribution is -2.45. The van der Waals surface area contributed by atoms with Gasteiger partial charge in [0.25, 0.3) is 0 Å². The van der Waals surface area contributed by atoms with Gasteiger partial charge in [0.05, 0.1) is 23.3 Å². The molecule has 1 aliphatic heterocycles. The molecule has 2 bridgehead atoms. The molecule has 3 nitrogen and oxygen atoms in total. The van der Waals surface area contributed by atoms with Crippen molar-refractivity contribution < 1.29 is 12.6 Å². The summed E-state index contributed by atoms with van der Waals surface area (Å²) >= 11 is 36.4. The monoisotopic (exact) mass is 404 g/mol. The molecule has 0 N–H and O–H groups in total. The predicted molar refractivity (Wildman–Crippen MR) is 77.4 cm³/mol. The molecule has 1 heterocycles. The van der Waals surface area contributed by atoms with Crippen LogP contribution in [-0.2, 0) is 19.7 Å². The van der Waals surface area contributed by atoms with Crippen molar-refractivity contribution in [2.75, 3.05) is 13.2 Å². The molecule has 3 rings (SSSR count). The lowest BCUT2D eigenvalue weighted by molar-refractivity contribution is 0.207. The first-order chi connectivity index (χ1) is 8.69. The Morgan fingerprint density at radius 2 is 1.32 bits per heavy atom. The molecule has 3 aliphatic rings. The fraction of sp³-hybridized carbons (Fsp3) is 0.778. The van der Waals surface area contributed by atoms with E-state index in [1.807, 2.05) is 0 Å². The second-order valence-corrected chi connectivity index (χ2v) is 8.77. The van der Waals surface area contributed by atoms with Crippen molar-refractivity contribution in [1.82, 2.24) is 0 Å². The molecule has 10 heteroatoms. The fourth-order valence-electron chi connectivity index (χ4n) is 2.96. The van der Waals surface area contributed by atoms with Crippen LogP contribution in [-0.4, -0.2) is 31.5 Å². The molecule has 2 fully saturated rings. The smallest absolute Gasteiger partial charge is 0.268 e. The minimum absolute atomic E-state index is 0.0107. The molecule has 2 aliphatic carbocycles. The zero-order valence-corrected chi connectivity index (χ0v) is 14.3. The summed E-state index contributed by atoms with van der Waals surface area (Å²) in [6.45, 7) is 0.0215. The van der Waals surface area contributed by atoms with E-state index in [-0.39, 0.29) is 23.3 Å². The highest BCUT2D eigenvalue weighted by Crippen LogP contribution is 2.76. The summed E-state index contributed by atoms with van der Waals surface area (Å²) in [6.07, 6.45) is 0. The normalized spacial score (nSPS) is 52.2. The Balaban J connectivity index is 2.19. The molecular weight excluding hydrogens is 401 g/mol. The predicted octanol–water partition coefficient (Wildman–Crippen LogP) is 3.69. The minimum atomic E-state index is -1.86. The summed E-state index contributed by atoms with van der Waals surface area (Å²) in [4.78, 5) is -2.78. The molecule has 0 aromatic heterocycles. The molecule has 0 amide bonds. The first kappa shape index (κ1) is 15.4. The molecule has 0 radical (unpaired) electrons. The summed E-state index contributed by atoms with van der Waals surface area (Å²) in [5, 5.41) is 0.210. The van der Waals surface area contributed by atoms with Gasteiger partial charge in [-0.15, -0.1) is 23.2 Å². The van der Waals surface area contributed by atoms with E-state index in [2.05, 4.69) is 0 Å². The van der Waals surface area contributed by atoms with Gasteiger partial charge in [-0.2, -0.15) is 4.21 Å². The molecule has 0 spiro atoms. The second-order valence-electron chi connectivity index (χ2n) is 4.61. The van der Waals surface area contributed by atoms with Gasteiger partial charge in [-0.1, -0.05) is 46.4 Å². The van der Waals surface area contributed by atoms with Gasteiger partial charge in [0.15, 0.2) is 4.33 Å². The summed E-state index contributed by atoms with van der Waals surface area (Å²) < 4.78 is 19.7. The average Bonchev–Trinajstić information content (AvgIpc) is 2.54. The number of hydrogen-bond donors (Lipinski definition) is 0. The van der Waals surface area contributed by atoms with Crippen LogP contribution >= 0.6 is 69.6 Å². The zero-order chi connectivity index (χ0) is 14.2. The minimum Gasteiger partial charge on any atom is -0.268 e. The number of rotatable bonds is 0. The third-order valence-electron chi connectivity index (χ3n) is 3.94. The SMILES string of the molecule is O=S1OCC2C(CO1)[C@]1(Cl)C(Cl)=C(Cl)[C@]2(Cl)C1(Cl)Cl. The van der Waals surface area contributed by atoms with Crippen LogP contribution in [0.15, 0.2) is 10.1 Å². The first-order valence-electron chi connectivity index (χ1n) is 5.19. The van der Waals surface area contributed by atoms with Crippen LogP contribution in [0.25, 0.3) is 0 Å². The van der Waals surface area contributed by atoms with Crippen molar-refractivity contribution in [2.24, 2.45) is 11.8 Å². The fourth-order valence-corrected chi connectivity index (χ4v) is 6.60. The highest BCUT2D eigenvalue weighted by molar-refractivity contribution is 7.75. The Morgan fingerprint density at radius 1 is 0.947 bits per heavy atom. The Bertz CT molecular complexity index is 470. The van der Waals surface area contributed by atoms with Gasteiger partial charge in [0.2, 0.25) is 0 Å². The van der Waals surface area contributed by atoms with Crippen LogP contribution < -0.4 is 0 Å². The van der Waals surface area contributed by atoms with Crippen molar-refractivity contribution in [3.8, 4) is 0 Å². The molecule has 1 saturated carbocycles. The van der Waals surface area contributed by atoms with Gasteiger partial charge in [0, 0.05) is 11.8 Å². The van der Waals surface area contributed by atoms with Crippen LogP contribution in [0.2, 0.25) is 0 Å². The van der Waals surface area contributed by atoms with E-state index in [1.54, 1.807) is 0 Å². The molecular formula is C9H6Cl6O3S. The molecule has 108 valence electrons. The maximum Gasteiger partial charge on any atom is 0.304 e. The Morgan fingerprint density at radius 3 is 1.68 bits per heavy atom. The Kier molecular flexibility index (Phi) is 3.68. The van der Waals surface area contributed by atoms with E-state index in [0.29, 0.717) is 0 Å². The van der Waals surface area contributed by atoms with E-state index in [4.69, 9.17) is 78.0 Å². The third kappa shape index (κ3) is 1.59. The standard InChI is InChI=1S/C9H6Cl6O3S/c10-5-6(11)8(13)4-2-18-19(16)17-1-3(4)7(5,12)9(8,14)15/h3-4H,1-2H2/t3?,4?,7-,8-,19?/m0/s1. The molecule has 2 unspecified atom stereocenters. The molecule has 0 aromatic carbocycles. The Labute approximate surface area is 142 Å². The largest absolute Gasteiger partial charge is 0.304 e. The van der Waals surface area contributed by atoms with E-state index in [9.17, 15) is 4.21 Å². The van der Waals surface area contributed by atoms with Crippen LogP contribution in [0.4, 0.5) is 0 Å². The summed E-state index contributed by atoms with van der Waals surface area (Å²) in [6, 6.07) is 0. The van der Waals surface area contributed by atoms with Crippen molar-refractivity contribution >= 4 is 81.0 Å². The zero-order valence-electron chi connectivity index (χ0n) is 8.97. The number of fused-ring (bicyclic) bond motifs is 5. The van der Waals surface area contributed by atoms with Gasteiger partial charge < -0.3 is 0 Å². The van der Waals surface area contributed by atoms with Gasteiger partial charge in [-0.3, -0.25) is 8.37 Å². The highest BCUT2D eigenvalue weighted by atomic mass is 35.5. The summed E-state index contributed by atoms with van der Waals surface area (Å²) in [5.41, 5.74) is 0. The topological polar surface area (TPSA) is 35.5 Å². The lowest BCUT2D eigenvalue weighted by Gasteiger charge is -2.33.